The number of aromatic nitrogens is 2. The smallest absolute Gasteiger partial charge is 0.172 e. The van der Waals surface area contributed by atoms with Gasteiger partial charge in [0.2, 0.25) is 0 Å². The van der Waals surface area contributed by atoms with E-state index in [1.807, 2.05) is 6.07 Å². The lowest BCUT2D eigenvalue weighted by Crippen LogP contribution is -1.96. The van der Waals surface area contributed by atoms with Crippen molar-refractivity contribution in [1.82, 2.24) is 9.97 Å². The highest BCUT2D eigenvalue weighted by Gasteiger charge is 2.07. The van der Waals surface area contributed by atoms with E-state index in [0.29, 0.717) is 10.2 Å². The van der Waals surface area contributed by atoms with Gasteiger partial charge in [-0.2, -0.15) is 5.26 Å². The lowest BCUT2D eigenvalue weighted by molar-refractivity contribution is 1.16. The van der Waals surface area contributed by atoms with Crippen LogP contribution in [0.2, 0.25) is 4.34 Å². The molecular formula is C9H5ClN4S. The molecule has 0 spiro atoms. The third-order valence-electron chi connectivity index (χ3n) is 1.65. The quantitative estimate of drug-likeness (QED) is 0.824. The maximum absolute atomic E-state index is 8.72. The molecule has 0 atom stereocenters. The second-order valence-corrected chi connectivity index (χ2v) is 4.43. The summed E-state index contributed by atoms with van der Waals surface area (Å²) in [6, 6.07) is 6.90. The van der Waals surface area contributed by atoms with E-state index in [1.54, 1.807) is 12.1 Å². The number of nitrogens with two attached hydrogens (primary N) is 1. The largest absolute Gasteiger partial charge is 0.384 e. The molecule has 0 aromatic carbocycles. The molecule has 0 bridgehead atoms. The van der Waals surface area contributed by atoms with Crippen LogP contribution in [0.5, 0.6) is 0 Å². The van der Waals surface area contributed by atoms with Gasteiger partial charge in [0, 0.05) is 6.07 Å². The molecule has 0 unspecified atom stereocenters. The van der Waals surface area contributed by atoms with E-state index in [0.717, 1.165) is 4.88 Å². The molecule has 2 aromatic rings. The highest BCUT2D eigenvalue weighted by molar-refractivity contribution is 7.19. The topological polar surface area (TPSA) is 75.6 Å². The van der Waals surface area contributed by atoms with Gasteiger partial charge in [-0.3, -0.25) is 0 Å². The molecule has 0 aliphatic heterocycles. The van der Waals surface area contributed by atoms with Crippen molar-refractivity contribution in [1.29, 1.82) is 5.26 Å². The average Bonchev–Trinajstić information content (AvgIpc) is 2.64. The number of thiophene rings is 1. The third-order valence-corrected chi connectivity index (χ3v) is 2.88. The molecule has 6 heteroatoms. The lowest BCUT2D eigenvalue weighted by Gasteiger charge is -1.98. The first-order valence-electron chi connectivity index (χ1n) is 3.99. The van der Waals surface area contributed by atoms with Crippen LogP contribution in [0, 0.1) is 11.3 Å². The predicted molar refractivity (Wildman–Crippen MR) is 59.5 cm³/mol. The molecule has 0 aliphatic carbocycles. The normalized spacial score (nSPS) is 9.87. The zero-order chi connectivity index (χ0) is 10.8. The zero-order valence-electron chi connectivity index (χ0n) is 7.44. The summed E-state index contributed by atoms with van der Waals surface area (Å²) in [6.45, 7) is 0. The summed E-state index contributed by atoms with van der Waals surface area (Å²) in [5.41, 5.74) is 5.80. The molecule has 0 fully saturated rings. The van der Waals surface area contributed by atoms with Crippen molar-refractivity contribution >= 4 is 28.8 Å². The van der Waals surface area contributed by atoms with Gasteiger partial charge in [-0.05, 0) is 12.1 Å². The molecule has 0 amide bonds. The van der Waals surface area contributed by atoms with Crippen LogP contribution >= 0.6 is 22.9 Å². The van der Waals surface area contributed by atoms with Gasteiger partial charge >= 0.3 is 0 Å². The molecule has 0 saturated heterocycles. The lowest BCUT2D eigenvalue weighted by atomic mass is 10.3. The fourth-order valence-electron chi connectivity index (χ4n) is 1.07. The van der Waals surface area contributed by atoms with Gasteiger partial charge in [-0.1, -0.05) is 11.6 Å². The number of halogens is 1. The summed E-state index contributed by atoms with van der Waals surface area (Å²) >= 11 is 7.13. The van der Waals surface area contributed by atoms with Gasteiger partial charge in [0.25, 0.3) is 0 Å². The summed E-state index contributed by atoms with van der Waals surface area (Å²) in [5, 5.41) is 8.72. The van der Waals surface area contributed by atoms with Crippen LogP contribution in [0.15, 0.2) is 18.2 Å². The molecule has 4 nitrogen and oxygen atoms in total. The Morgan fingerprint density at radius 3 is 2.80 bits per heavy atom. The van der Waals surface area contributed by atoms with Gasteiger partial charge in [-0.25, -0.2) is 9.97 Å². The van der Waals surface area contributed by atoms with E-state index in [4.69, 9.17) is 22.6 Å². The Kier molecular flexibility index (Phi) is 2.54. The van der Waals surface area contributed by atoms with E-state index in [-0.39, 0.29) is 11.5 Å². The van der Waals surface area contributed by atoms with Gasteiger partial charge in [0.15, 0.2) is 5.82 Å². The molecule has 2 N–H and O–H groups in total. The molecular weight excluding hydrogens is 232 g/mol. The molecule has 0 radical (unpaired) electrons. The Hall–Kier alpha value is -1.64. The van der Waals surface area contributed by atoms with Gasteiger partial charge in [0.05, 0.1) is 9.21 Å². The number of anilines is 1. The Morgan fingerprint density at radius 2 is 2.20 bits per heavy atom. The summed E-state index contributed by atoms with van der Waals surface area (Å²) in [6.07, 6.45) is 0. The predicted octanol–water partition coefficient (Wildman–Crippen LogP) is 2.31. The number of hydrogen-bond acceptors (Lipinski definition) is 5. The number of nitrogens with zero attached hydrogens (tertiary/aromatic N) is 3. The first kappa shape index (κ1) is 9.90. The fourth-order valence-corrected chi connectivity index (χ4v) is 2.05. The Balaban J connectivity index is 2.54. The van der Waals surface area contributed by atoms with Crippen LogP contribution in [0.4, 0.5) is 5.82 Å². The van der Waals surface area contributed by atoms with E-state index in [9.17, 15) is 0 Å². The van der Waals surface area contributed by atoms with Crippen LogP contribution in [0.3, 0.4) is 0 Å². The van der Waals surface area contributed by atoms with Crippen molar-refractivity contribution in [2.45, 2.75) is 0 Å². The SMILES string of the molecule is N#Cc1cc(N)nc(-c2ccc(Cl)s2)n1. The fraction of sp³-hybridized carbons (Fsp3) is 0. The highest BCUT2D eigenvalue weighted by Crippen LogP contribution is 2.29. The maximum atomic E-state index is 8.72. The minimum Gasteiger partial charge on any atom is -0.384 e. The number of rotatable bonds is 1. The van der Waals surface area contributed by atoms with E-state index in [2.05, 4.69) is 9.97 Å². The second-order valence-electron chi connectivity index (χ2n) is 2.72. The zero-order valence-corrected chi connectivity index (χ0v) is 9.01. The minimum absolute atomic E-state index is 0.252. The molecule has 0 saturated carbocycles. The Bertz CT molecular complexity index is 543. The van der Waals surface area contributed by atoms with Crippen molar-refractivity contribution in [3.05, 3.63) is 28.2 Å². The van der Waals surface area contributed by atoms with Crippen LogP contribution in [-0.2, 0) is 0 Å². The van der Waals surface area contributed by atoms with Gasteiger partial charge in [0.1, 0.15) is 17.6 Å². The molecule has 2 aromatic heterocycles. The standard InChI is InChI=1S/C9H5ClN4S/c10-7-2-1-6(15-7)9-13-5(4-11)3-8(12)14-9/h1-3H,(H2,12,13,14). The number of nitriles is 1. The summed E-state index contributed by atoms with van der Waals surface area (Å²) < 4.78 is 0.648. The van der Waals surface area contributed by atoms with E-state index in [1.165, 1.54) is 17.4 Å². The molecule has 74 valence electrons. The molecule has 2 heterocycles. The average molecular weight is 237 g/mol. The Morgan fingerprint density at radius 1 is 1.40 bits per heavy atom. The maximum Gasteiger partial charge on any atom is 0.172 e. The Labute approximate surface area is 95.0 Å². The summed E-state index contributed by atoms with van der Waals surface area (Å²) in [4.78, 5) is 8.86. The van der Waals surface area contributed by atoms with Crippen LogP contribution in [0.1, 0.15) is 5.69 Å². The van der Waals surface area contributed by atoms with E-state index < -0.39 is 0 Å². The van der Waals surface area contributed by atoms with E-state index >= 15 is 0 Å². The van der Waals surface area contributed by atoms with Crippen LogP contribution in [0.25, 0.3) is 10.7 Å². The van der Waals surface area contributed by atoms with Gasteiger partial charge < -0.3 is 5.73 Å². The van der Waals surface area contributed by atoms with Crippen LogP contribution < -0.4 is 5.73 Å². The summed E-state index contributed by atoms with van der Waals surface area (Å²) in [5.74, 6) is 0.713. The second kappa shape index (κ2) is 3.85. The third kappa shape index (κ3) is 2.06. The van der Waals surface area contributed by atoms with Crippen LogP contribution in [-0.4, -0.2) is 9.97 Å². The molecule has 15 heavy (non-hydrogen) atoms. The first-order valence-corrected chi connectivity index (χ1v) is 5.19. The van der Waals surface area contributed by atoms with Crippen molar-refractivity contribution < 1.29 is 0 Å². The molecule has 2 rings (SSSR count). The highest BCUT2D eigenvalue weighted by atomic mass is 35.5. The number of hydrogen-bond donors (Lipinski definition) is 1. The van der Waals surface area contributed by atoms with Crippen molar-refractivity contribution in [2.24, 2.45) is 0 Å². The van der Waals surface area contributed by atoms with Crippen molar-refractivity contribution in [3.8, 4) is 16.8 Å². The van der Waals surface area contributed by atoms with Crippen molar-refractivity contribution in [3.63, 3.8) is 0 Å². The first-order chi connectivity index (χ1) is 7.19. The summed E-state index contributed by atoms with van der Waals surface area (Å²) in [7, 11) is 0. The van der Waals surface area contributed by atoms with Crippen molar-refractivity contribution in [2.75, 3.05) is 5.73 Å². The minimum atomic E-state index is 0.252. The monoisotopic (exact) mass is 236 g/mol. The number of nitrogen functional groups attached to an aromatic ring is 1. The van der Waals surface area contributed by atoms with Gasteiger partial charge in [-0.15, -0.1) is 11.3 Å². The molecule has 0 aliphatic rings.